The normalized spacial score (nSPS) is 23.8. The Labute approximate surface area is 130 Å². The van der Waals surface area contributed by atoms with Crippen molar-refractivity contribution in [2.24, 2.45) is 0 Å². The molecule has 2 aliphatic heterocycles. The van der Waals surface area contributed by atoms with Crippen molar-refractivity contribution in [1.29, 1.82) is 0 Å². The van der Waals surface area contributed by atoms with Gasteiger partial charge in [0.2, 0.25) is 0 Å². The van der Waals surface area contributed by atoms with Gasteiger partial charge in [0.1, 0.15) is 5.69 Å². The Morgan fingerprint density at radius 2 is 2.00 bits per heavy atom. The lowest BCUT2D eigenvalue weighted by atomic mass is 9.91. The highest BCUT2D eigenvalue weighted by Crippen LogP contribution is 2.32. The zero-order valence-corrected chi connectivity index (χ0v) is 12.8. The second kappa shape index (κ2) is 4.96. The van der Waals surface area contributed by atoms with Gasteiger partial charge >= 0.3 is 0 Å². The van der Waals surface area contributed by atoms with Crippen molar-refractivity contribution in [3.05, 3.63) is 40.5 Å². The summed E-state index contributed by atoms with van der Waals surface area (Å²) < 4.78 is 6.43. The largest absolute Gasteiger partial charge is 0.377 e. The summed E-state index contributed by atoms with van der Waals surface area (Å²) >= 11 is 3.41. The van der Waals surface area contributed by atoms with Crippen LogP contribution in [0.4, 0.5) is 0 Å². The third kappa shape index (κ3) is 2.18. The summed E-state index contributed by atoms with van der Waals surface area (Å²) in [6.45, 7) is 1.30. The van der Waals surface area contributed by atoms with Crippen LogP contribution < -0.4 is 0 Å². The van der Waals surface area contributed by atoms with Gasteiger partial charge < -0.3 is 9.64 Å². The molecule has 1 N–H and O–H groups in total. The van der Waals surface area contributed by atoms with Gasteiger partial charge in [0.05, 0.1) is 31.0 Å². The van der Waals surface area contributed by atoms with E-state index < -0.39 is 0 Å². The average Bonchev–Trinajstić information content (AvgIpc) is 2.98. The Hall–Kier alpha value is -1.66. The van der Waals surface area contributed by atoms with E-state index >= 15 is 0 Å². The lowest BCUT2D eigenvalue weighted by molar-refractivity contribution is -0.104. The minimum atomic E-state index is 0.0235. The first-order valence-electron chi connectivity index (χ1n) is 6.94. The molecule has 4 rings (SSSR count). The fourth-order valence-electron chi connectivity index (χ4n) is 3.01. The van der Waals surface area contributed by atoms with Crippen molar-refractivity contribution in [2.45, 2.75) is 18.5 Å². The third-order valence-corrected chi connectivity index (χ3v) is 4.66. The summed E-state index contributed by atoms with van der Waals surface area (Å²) in [5, 5.41) is 7.12. The maximum absolute atomic E-state index is 12.5. The Balaban J connectivity index is 1.57. The Morgan fingerprint density at radius 1 is 1.29 bits per heavy atom. The number of amides is 1. The molecule has 0 aliphatic carbocycles. The molecule has 1 amide bonds. The number of hydrogen-bond donors (Lipinski definition) is 1. The molecule has 0 spiro atoms. The van der Waals surface area contributed by atoms with E-state index in [1.165, 1.54) is 0 Å². The molecule has 1 aromatic carbocycles. The molecule has 0 radical (unpaired) electrons. The summed E-state index contributed by atoms with van der Waals surface area (Å²) in [6, 6.07) is 10.2. The highest BCUT2D eigenvalue weighted by Gasteiger charge is 2.45. The zero-order chi connectivity index (χ0) is 14.4. The first-order chi connectivity index (χ1) is 10.2. The van der Waals surface area contributed by atoms with E-state index in [0.717, 1.165) is 22.2 Å². The molecular weight excluding hydrogens is 334 g/mol. The second-order valence-electron chi connectivity index (χ2n) is 5.47. The van der Waals surface area contributed by atoms with Gasteiger partial charge in [0, 0.05) is 10.0 Å². The van der Waals surface area contributed by atoms with Gasteiger partial charge in [-0.25, -0.2) is 0 Å². The smallest absolute Gasteiger partial charge is 0.272 e. The fourth-order valence-corrected chi connectivity index (χ4v) is 3.27. The molecule has 2 bridgehead atoms. The summed E-state index contributed by atoms with van der Waals surface area (Å²) in [6.07, 6.45) is 1.06. The van der Waals surface area contributed by atoms with Crippen LogP contribution in [-0.4, -0.2) is 46.3 Å². The lowest BCUT2D eigenvalue weighted by Gasteiger charge is -2.52. The standard InChI is InChI=1S/C15H14BrN3O2/c16-10-3-1-9(2-4-10)13-6-14(18-17-13)15(20)19-11-5-12(19)8-21-7-11/h1-4,6,11-12H,5,7-8H2,(H,17,18). The van der Waals surface area contributed by atoms with Gasteiger partial charge in [-0.15, -0.1) is 0 Å². The SMILES string of the molecule is O=C(c1cc(-c2ccc(Br)cc2)n[nH]1)N1C2COCC1C2. The number of carbonyl (C=O) groups is 1. The maximum atomic E-state index is 12.5. The number of aromatic amines is 1. The number of fused-ring (bicyclic) bond motifs is 2. The van der Waals surface area contributed by atoms with Crippen LogP contribution in [0.1, 0.15) is 16.9 Å². The molecule has 21 heavy (non-hydrogen) atoms. The number of halogens is 1. The number of nitrogens with zero attached hydrogens (tertiary/aromatic N) is 2. The Bertz CT molecular complexity index is 668. The van der Waals surface area contributed by atoms with Gasteiger partial charge in [-0.1, -0.05) is 28.1 Å². The molecule has 2 aliphatic rings. The Kier molecular flexibility index (Phi) is 3.08. The van der Waals surface area contributed by atoms with Gasteiger partial charge in [0.25, 0.3) is 5.91 Å². The molecular formula is C15H14BrN3O2. The van der Waals surface area contributed by atoms with E-state index in [2.05, 4.69) is 26.1 Å². The van der Waals surface area contributed by atoms with Crippen molar-refractivity contribution >= 4 is 21.8 Å². The molecule has 2 saturated heterocycles. The predicted molar refractivity (Wildman–Crippen MR) is 80.9 cm³/mol. The van der Waals surface area contributed by atoms with Gasteiger partial charge in [-0.05, 0) is 24.6 Å². The van der Waals surface area contributed by atoms with Gasteiger partial charge in [-0.3, -0.25) is 9.89 Å². The Morgan fingerprint density at radius 3 is 2.67 bits per heavy atom. The predicted octanol–water partition coefficient (Wildman–Crippen LogP) is 2.45. The van der Waals surface area contributed by atoms with Crippen molar-refractivity contribution in [1.82, 2.24) is 15.1 Å². The third-order valence-electron chi connectivity index (χ3n) is 4.13. The summed E-state index contributed by atoms with van der Waals surface area (Å²) in [4.78, 5) is 14.4. The minimum absolute atomic E-state index is 0.0235. The molecule has 3 heterocycles. The fraction of sp³-hybridized carbons (Fsp3) is 0.333. The van der Waals surface area contributed by atoms with Crippen molar-refractivity contribution < 1.29 is 9.53 Å². The first kappa shape index (κ1) is 13.0. The van der Waals surface area contributed by atoms with E-state index in [-0.39, 0.29) is 18.0 Å². The highest BCUT2D eigenvalue weighted by atomic mass is 79.9. The van der Waals surface area contributed by atoms with Crippen molar-refractivity contribution in [3.63, 3.8) is 0 Å². The lowest BCUT2D eigenvalue weighted by Crippen LogP contribution is -2.65. The van der Waals surface area contributed by atoms with E-state index in [9.17, 15) is 4.79 Å². The van der Waals surface area contributed by atoms with Crippen molar-refractivity contribution in [3.8, 4) is 11.3 Å². The minimum Gasteiger partial charge on any atom is -0.377 e. The number of H-pyrrole nitrogens is 1. The van der Waals surface area contributed by atoms with Gasteiger partial charge in [-0.2, -0.15) is 5.10 Å². The van der Waals surface area contributed by atoms with Crippen LogP contribution in [0, 0.1) is 0 Å². The number of ether oxygens (including phenoxy) is 1. The second-order valence-corrected chi connectivity index (χ2v) is 6.38. The molecule has 2 unspecified atom stereocenters. The van der Waals surface area contributed by atoms with Crippen molar-refractivity contribution in [2.75, 3.05) is 13.2 Å². The summed E-state index contributed by atoms with van der Waals surface area (Å²) in [7, 11) is 0. The van der Waals surface area contributed by atoms with Crippen LogP contribution in [0.15, 0.2) is 34.8 Å². The number of hydrogen-bond acceptors (Lipinski definition) is 3. The van der Waals surface area contributed by atoms with E-state index in [1.807, 2.05) is 35.2 Å². The molecule has 2 atom stereocenters. The maximum Gasteiger partial charge on any atom is 0.272 e. The molecule has 6 heteroatoms. The molecule has 0 saturated carbocycles. The number of aromatic nitrogens is 2. The summed E-state index contributed by atoms with van der Waals surface area (Å²) in [5.41, 5.74) is 2.32. The van der Waals surface area contributed by atoms with Crippen LogP contribution in [0.2, 0.25) is 0 Å². The van der Waals surface area contributed by atoms with Crippen LogP contribution in [-0.2, 0) is 4.74 Å². The van der Waals surface area contributed by atoms with E-state index in [0.29, 0.717) is 18.9 Å². The quantitative estimate of drug-likeness (QED) is 0.907. The van der Waals surface area contributed by atoms with Crippen LogP contribution in [0.5, 0.6) is 0 Å². The molecule has 2 fully saturated rings. The van der Waals surface area contributed by atoms with Crippen LogP contribution in [0.3, 0.4) is 0 Å². The molecule has 108 valence electrons. The first-order valence-corrected chi connectivity index (χ1v) is 7.73. The van der Waals surface area contributed by atoms with Crippen LogP contribution >= 0.6 is 15.9 Å². The number of carbonyl (C=O) groups excluding carboxylic acids is 1. The number of benzene rings is 1. The van der Waals surface area contributed by atoms with Crippen LogP contribution in [0.25, 0.3) is 11.3 Å². The average molecular weight is 348 g/mol. The number of morpholine rings is 1. The topological polar surface area (TPSA) is 58.2 Å². The number of rotatable bonds is 2. The summed E-state index contributed by atoms with van der Waals surface area (Å²) in [5.74, 6) is 0.0235. The highest BCUT2D eigenvalue weighted by molar-refractivity contribution is 9.10. The molecule has 2 aromatic rings. The number of nitrogens with one attached hydrogen (secondary N) is 1. The monoisotopic (exact) mass is 347 g/mol. The molecule has 5 nitrogen and oxygen atoms in total. The van der Waals surface area contributed by atoms with Gasteiger partial charge in [0.15, 0.2) is 0 Å². The van der Waals surface area contributed by atoms with E-state index in [1.54, 1.807) is 0 Å². The molecule has 1 aromatic heterocycles. The van der Waals surface area contributed by atoms with E-state index in [4.69, 9.17) is 4.74 Å². The zero-order valence-electron chi connectivity index (χ0n) is 11.3.